The van der Waals surface area contributed by atoms with Crippen molar-refractivity contribution in [2.45, 2.75) is 18.9 Å². The maximum absolute atomic E-state index is 10.3. The second kappa shape index (κ2) is 6.84. The number of hydrogen-bond acceptors (Lipinski definition) is 10. The van der Waals surface area contributed by atoms with Gasteiger partial charge in [0.25, 0.3) is 0 Å². The van der Waals surface area contributed by atoms with Crippen LogP contribution >= 0.6 is 0 Å². The fraction of sp³-hybridized carbons (Fsp3) is 1.00. The van der Waals surface area contributed by atoms with E-state index in [1.807, 2.05) is 0 Å². The molecule has 5 N–H and O–H groups in total. The zero-order chi connectivity index (χ0) is 15.4. The minimum absolute atomic E-state index is 0.845. The van der Waals surface area contributed by atoms with Crippen molar-refractivity contribution in [3.05, 3.63) is 0 Å². The van der Waals surface area contributed by atoms with Gasteiger partial charge in [0.1, 0.15) is 5.92 Å². The predicted octanol–water partition coefficient (Wildman–Crippen LogP) is -3.16. The molecule has 0 rings (SSSR count). The highest BCUT2D eigenvalue weighted by Crippen LogP contribution is 2.20. The summed E-state index contributed by atoms with van der Waals surface area (Å²) in [5.74, 6) is -2.21. The minimum atomic E-state index is -5.18. The van der Waals surface area contributed by atoms with Gasteiger partial charge in [-0.05, 0) is 0 Å². The van der Waals surface area contributed by atoms with Crippen LogP contribution in [0.2, 0.25) is 0 Å². The Balaban J connectivity index is 5.11. The van der Waals surface area contributed by atoms with Crippen molar-refractivity contribution < 1.29 is 54.4 Å². The summed E-state index contributed by atoms with van der Waals surface area (Å²) in [5.41, 5.74) is 0. The van der Waals surface area contributed by atoms with Gasteiger partial charge < -0.3 is 20.1 Å². The number of methoxy groups -OCH3 is 1. The molecule has 0 spiro atoms. The van der Waals surface area contributed by atoms with E-state index in [0.29, 0.717) is 0 Å². The molecule has 0 aliphatic rings. The largest absolute Gasteiger partial charge is 0.399 e. The molecule has 0 fully saturated rings. The van der Waals surface area contributed by atoms with Crippen molar-refractivity contribution in [3.63, 3.8) is 0 Å². The van der Waals surface area contributed by atoms with Crippen LogP contribution in [0.15, 0.2) is 0 Å². The zero-order valence-corrected chi connectivity index (χ0v) is 10.9. The van der Waals surface area contributed by atoms with Gasteiger partial charge >= 0.3 is 20.8 Å². The summed E-state index contributed by atoms with van der Waals surface area (Å²) in [6, 6.07) is 0. The van der Waals surface area contributed by atoms with Crippen LogP contribution in [-0.4, -0.2) is 67.2 Å². The molecule has 0 aliphatic heterocycles. The Kier molecular flexibility index (Phi) is 6.69. The van der Waals surface area contributed by atoms with E-state index in [0.717, 1.165) is 7.11 Å². The van der Waals surface area contributed by atoms with Crippen molar-refractivity contribution in [1.82, 2.24) is 0 Å². The molecule has 0 saturated heterocycles. The summed E-state index contributed by atoms with van der Waals surface area (Å²) < 4.78 is 69.2. The molecule has 0 heterocycles. The smallest absolute Gasteiger partial charge is 0.367 e. The van der Waals surface area contributed by atoms with Gasteiger partial charge in [-0.25, -0.2) is 8.37 Å². The molecule has 3 unspecified atom stereocenters. The second-order valence-corrected chi connectivity index (χ2v) is 5.13. The lowest BCUT2D eigenvalue weighted by molar-refractivity contribution is -0.241. The molecule has 0 aliphatic carbocycles. The Labute approximate surface area is 108 Å². The Hall–Kier alpha value is -0.420. The van der Waals surface area contributed by atoms with Gasteiger partial charge in [-0.1, -0.05) is 0 Å². The van der Waals surface area contributed by atoms with Crippen LogP contribution in [0.5, 0.6) is 0 Å². The molecular formula is C5H12O12S2. The topological polar surface area (TPSA) is 197 Å². The Morgan fingerprint density at radius 3 is 1.32 bits per heavy atom. The minimum Gasteiger partial charge on any atom is -0.367 e. The average Bonchev–Trinajstić information content (AvgIpc) is 2.11. The van der Waals surface area contributed by atoms with E-state index in [2.05, 4.69) is 13.1 Å². The highest BCUT2D eigenvalue weighted by Gasteiger charge is 2.39. The summed E-state index contributed by atoms with van der Waals surface area (Å²) in [6.45, 7) is 0. The molecule has 0 amide bonds. The Morgan fingerprint density at radius 1 is 0.789 bits per heavy atom. The van der Waals surface area contributed by atoms with E-state index in [-0.39, 0.29) is 0 Å². The van der Waals surface area contributed by atoms with Crippen LogP contribution in [0.25, 0.3) is 0 Å². The average molecular weight is 328 g/mol. The van der Waals surface area contributed by atoms with Gasteiger partial charge in [0.05, 0.1) is 0 Å². The van der Waals surface area contributed by atoms with Crippen molar-refractivity contribution in [3.8, 4) is 0 Å². The van der Waals surface area contributed by atoms with E-state index in [9.17, 15) is 32.2 Å². The van der Waals surface area contributed by atoms with Crippen molar-refractivity contribution in [1.29, 1.82) is 0 Å². The molecule has 19 heavy (non-hydrogen) atoms. The highest BCUT2D eigenvalue weighted by molar-refractivity contribution is 7.81. The molecule has 0 bridgehead atoms. The molecule has 0 aromatic carbocycles. The standard InChI is InChI=1S/C5H12O12S2/c1-15-3(6)2(4(7)16-18(9,10)11)5(8)17-19(12,13)14/h2-8H,1H3,(H,9,10,11)(H,12,13,14). The van der Waals surface area contributed by atoms with E-state index in [4.69, 9.17) is 9.11 Å². The lowest BCUT2D eigenvalue weighted by atomic mass is 10.1. The Bertz CT molecular complexity index is 426. The first kappa shape index (κ1) is 18.6. The monoisotopic (exact) mass is 328 g/mol. The van der Waals surface area contributed by atoms with E-state index < -0.39 is 45.6 Å². The molecule has 12 nitrogen and oxygen atoms in total. The van der Waals surface area contributed by atoms with E-state index >= 15 is 0 Å². The normalized spacial score (nSPS) is 19.7. The third-order valence-electron chi connectivity index (χ3n) is 1.67. The second-order valence-electron chi connectivity index (χ2n) is 3.03. The van der Waals surface area contributed by atoms with Crippen LogP contribution in [-0.2, 0) is 33.9 Å². The first-order chi connectivity index (χ1) is 8.37. The number of ether oxygens (including phenoxy) is 1. The third-order valence-corrected chi connectivity index (χ3v) is 2.55. The van der Waals surface area contributed by atoms with Crippen molar-refractivity contribution in [2.24, 2.45) is 5.92 Å². The van der Waals surface area contributed by atoms with Gasteiger partial charge in [-0.2, -0.15) is 16.8 Å². The molecule has 14 heteroatoms. The molecule has 116 valence electrons. The van der Waals surface area contributed by atoms with Crippen LogP contribution in [0.4, 0.5) is 0 Å². The molecule has 0 saturated carbocycles. The number of rotatable bonds is 8. The van der Waals surface area contributed by atoms with Gasteiger partial charge in [-0.3, -0.25) is 9.11 Å². The maximum atomic E-state index is 10.3. The molecule has 0 aromatic rings. The predicted molar refractivity (Wildman–Crippen MR) is 53.8 cm³/mol. The van der Waals surface area contributed by atoms with Crippen molar-refractivity contribution in [2.75, 3.05) is 7.11 Å². The first-order valence-electron chi connectivity index (χ1n) is 4.26. The number of aliphatic hydroxyl groups excluding tert-OH is 3. The van der Waals surface area contributed by atoms with Crippen LogP contribution in [0, 0.1) is 5.92 Å². The summed E-state index contributed by atoms with van der Waals surface area (Å²) >= 11 is 0. The quantitative estimate of drug-likeness (QED) is 0.222. The first-order valence-corrected chi connectivity index (χ1v) is 6.99. The molecular weight excluding hydrogens is 316 g/mol. The van der Waals surface area contributed by atoms with Crippen LogP contribution in [0.1, 0.15) is 0 Å². The fourth-order valence-corrected chi connectivity index (χ4v) is 1.71. The van der Waals surface area contributed by atoms with Crippen LogP contribution < -0.4 is 0 Å². The molecule has 0 aromatic heterocycles. The summed E-state index contributed by atoms with van der Waals surface area (Å²) in [5, 5.41) is 27.6. The lowest BCUT2D eigenvalue weighted by Crippen LogP contribution is -2.45. The zero-order valence-electron chi connectivity index (χ0n) is 9.22. The lowest BCUT2D eigenvalue weighted by Gasteiger charge is -2.27. The fourth-order valence-electron chi connectivity index (χ4n) is 0.957. The Morgan fingerprint density at radius 2 is 1.11 bits per heavy atom. The molecule has 3 atom stereocenters. The van der Waals surface area contributed by atoms with E-state index in [1.165, 1.54) is 0 Å². The van der Waals surface area contributed by atoms with Crippen molar-refractivity contribution >= 4 is 20.8 Å². The van der Waals surface area contributed by atoms with Gasteiger partial charge in [0, 0.05) is 7.11 Å². The maximum Gasteiger partial charge on any atom is 0.399 e. The summed E-state index contributed by atoms with van der Waals surface area (Å²) in [4.78, 5) is 0. The van der Waals surface area contributed by atoms with Gasteiger partial charge in [-0.15, -0.1) is 0 Å². The van der Waals surface area contributed by atoms with Gasteiger partial charge in [0.15, 0.2) is 18.9 Å². The SMILES string of the molecule is COC(O)C(C(O)OS(=O)(=O)O)C(O)OS(=O)(=O)O. The van der Waals surface area contributed by atoms with E-state index in [1.54, 1.807) is 0 Å². The van der Waals surface area contributed by atoms with Gasteiger partial charge in [0.2, 0.25) is 0 Å². The molecule has 0 radical (unpaired) electrons. The van der Waals surface area contributed by atoms with Crippen LogP contribution in [0.3, 0.4) is 0 Å². The summed E-state index contributed by atoms with van der Waals surface area (Å²) in [6.07, 6.45) is -7.43. The number of aliphatic hydroxyl groups is 3. The summed E-state index contributed by atoms with van der Waals surface area (Å²) in [7, 11) is -9.52. The number of hydrogen-bond donors (Lipinski definition) is 5. The highest BCUT2D eigenvalue weighted by atomic mass is 32.3. The third kappa shape index (κ3) is 7.67.